The molecule has 1 N–H and O–H groups in total. The molecule has 1 aliphatic rings. The molecule has 22 heavy (non-hydrogen) atoms. The second kappa shape index (κ2) is 5.62. The van der Waals surface area contributed by atoms with Gasteiger partial charge in [0.2, 0.25) is 0 Å². The zero-order valence-corrected chi connectivity index (χ0v) is 12.7. The molecule has 0 aromatic heterocycles. The molecule has 0 saturated heterocycles. The average molecular weight is 340 g/mol. The van der Waals surface area contributed by atoms with Crippen LogP contribution < -0.4 is 8.92 Å². The minimum absolute atomic E-state index is 0.192. The van der Waals surface area contributed by atoms with E-state index >= 15 is 0 Å². The number of hydrogen-bond donors (Lipinski definition) is 1. The second-order valence-electron chi connectivity index (χ2n) is 5.14. The van der Waals surface area contributed by atoms with Crippen molar-refractivity contribution in [2.75, 3.05) is 0 Å². The van der Waals surface area contributed by atoms with Crippen LogP contribution in [0.15, 0.2) is 12.1 Å². The Kier molecular flexibility index (Phi) is 4.31. The van der Waals surface area contributed by atoms with Crippen LogP contribution in [0.25, 0.3) is 0 Å². The second-order valence-corrected chi connectivity index (χ2v) is 6.68. The van der Waals surface area contributed by atoms with Gasteiger partial charge in [-0.15, -0.1) is 0 Å². The predicted octanol–water partition coefficient (Wildman–Crippen LogP) is 2.30. The summed E-state index contributed by atoms with van der Waals surface area (Å²) >= 11 is 0. The molecule has 0 amide bonds. The Morgan fingerprint density at radius 2 is 2.05 bits per heavy atom. The van der Waals surface area contributed by atoms with Crippen LogP contribution in [0.3, 0.4) is 0 Å². The van der Waals surface area contributed by atoms with Gasteiger partial charge in [0.05, 0.1) is 6.10 Å². The first-order valence-corrected chi connectivity index (χ1v) is 7.91. The van der Waals surface area contributed by atoms with Crippen molar-refractivity contribution in [2.45, 2.75) is 44.4 Å². The van der Waals surface area contributed by atoms with E-state index < -0.39 is 27.8 Å². The van der Waals surface area contributed by atoms with Gasteiger partial charge >= 0.3 is 15.6 Å². The zero-order valence-electron chi connectivity index (χ0n) is 11.8. The lowest BCUT2D eigenvalue weighted by Gasteiger charge is -2.28. The van der Waals surface area contributed by atoms with Crippen molar-refractivity contribution >= 4 is 10.1 Å². The summed E-state index contributed by atoms with van der Waals surface area (Å²) in [5.74, 6) is 0.0292. The Labute approximate surface area is 125 Å². The highest BCUT2D eigenvalue weighted by Gasteiger charge is 2.48. The topological polar surface area (TPSA) is 72.8 Å². The molecule has 124 valence electrons. The highest BCUT2D eigenvalue weighted by atomic mass is 32.2. The van der Waals surface area contributed by atoms with E-state index in [1.807, 2.05) is 0 Å². The van der Waals surface area contributed by atoms with Gasteiger partial charge in [0, 0.05) is 0 Å². The minimum atomic E-state index is -5.70. The summed E-state index contributed by atoms with van der Waals surface area (Å²) in [7, 11) is -5.70. The number of ether oxygens (including phenoxy) is 1. The van der Waals surface area contributed by atoms with Crippen molar-refractivity contribution < 1.29 is 35.6 Å². The van der Waals surface area contributed by atoms with Crippen molar-refractivity contribution in [1.29, 1.82) is 0 Å². The number of rotatable bonds is 3. The van der Waals surface area contributed by atoms with Gasteiger partial charge < -0.3 is 14.0 Å². The predicted molar refractivity (Wildman–Crippen MR) is 71.2 cm³/mol. The van der Waals surface area contributed by atoms with Gasteiger partial charge in [-0.05, 0) is 49.9 Å². The third-order valence-electron chi connectivity index (χ3n) is 3.36. The molecular weight excluding hydrogens is 325 g/mol. The van der Waals surface area contributed by atoms with Gasteiger partial charge in [-0.25, -0.2) is 0 Å². The number of aliphatic hydroxyl groups excluding tert-OH is 1. The maximum Gasteiger partial charge on any atom is 0.534 e. The Hall–Kier alpha value is -1.48. The summed E-state index contributed by atoms with van der Waals surface area (Å²) in [4.78, 5) is 0. The van der Waals surface area contributed by atoms with E-state index in [1.54, 1.807) is 6.92 Å². The highest BCUT2D eigenvalue weighted by Crippen LogP contribution is 2.36. The lowest BCUT2D eigenvalue weighted by atomic mass is 9.98. The summed E-state index contributed by atoms with van der Waals surface area (Å²) in [6.45, 7) is 2.99. The summed E-state index contributed by atoms with van der Waals surface area (Å²) in [5, 5.41) is 9.51. The van der Waals surface area contributed by atoms with Crippen LogP contribution in [0.2, 0.25) is 0 Å². The molecule has 1 heterocycles. The fourth-order valence-electron chi connectivity index (χ4n) is 2.12. The van der Waals surface area contributed by atoms with Crippen molar-refractivity contribution in [3.05, 3.63) is 23.3 Å². The molecule has 1 aromatic carbocycles. The van der Waals surface area contributed by atoms with E-state index in [0.717, 1.165) is 0 Å². The maximum atomic E-state index is 12.4. The lowest BCUT2D eigenvalue weighted by molar-refractivity contribution is -0.0500. The smallest absolute Gasteiger partial charge is 0.487 e. The van der Waals surface area contributed by atoms with Gasteiger partial charge in [-0.1, -0.05) is 0 Å². The standard InChI is InChI=1S/C13H15F3O5S/c1-7-5-12-9(3-4-10(20-12)8(2)17)6-11(7)21-22(18,19)13(14,15)16/h5-6,8,10,17H,3-4H2,1-2H3. The minimum Gasteiger partial charge on any atom is -0.487 e. The average Bonchev–Trinajstić information content (AvgIpc) is 2.37. The largest absolute Gasteiger partial charge is 0.534 e. The van der Waals surface area contributed by atoms with Crippen molar-refractivity contribution in [3.8, 4) is 11.5 Å². The zero-order chi connectivity index (χ0) is 16.7. The van der Waals surface area contributed by atoms with Gasteiger partial charge in [0.15, 0.2) is 0 Å². The Morgan fingerprint density at radius 3 is 2.59 bits per heavy atom. The number of benzene rings is 1. The first-order chi connectivity index (χ1) is 10.0. The molecule has 0 bridgehead atoms. The van der Waals surface area contributed by atoms with E-state index in [9.17, 15) is 26.7 Å². The molecule has 1 aliphatic heterocycles. The Morgan fingerprint density at radius 1 is 1.41 bits per heavy atom. The first-order valence-electron chi connectivity index (χ1n) is 6.50. The van der Waals surface area contributed by atoms with Gasteiger partial charge in [0.1, 0.15) is 17.6 Å². The highest BCUT2D eigenvalue weighted by molar-refractivity contribution is 7.88. The molecule has 2 rings (SSSR count). The summed E-state index contributed by atoms with van der Waals surface area (Å²) < 4.78 is 69.0. The Bertz CT molecular complexity index is 667. The van der Waals surface area contributed by atoms with Crippen molar-refractivity contribution in [1.82, 2.24) is 0 Å². The van der Waals surface area contributed by atoms with Gasteiger partial charge in [0.25, 0.3) is 0 Å². The van der Waals surface area contributed by atoms with Crippen LogP contribution >= 0.6 is 0 Å². The Balaban J connectivity index is 2.31. The molecule has 0 fully saturated rings. The van der Waals surface area contributed by atoms with E-state index in [0.29, 0.717) is 24.2 Å². The summed E-state index contributed by atoms with van der Waals surface area (Å²) in [6, 6.07) is 2.64. The quantitative estimate of drug-likeness (QED) is 0.675. The molecular formula is C13H15F3O5S. The molecule has 9 heteroatoms. The lowest BCUT2D eigenvalue weighted by Crippen LogP contribution is -2.33. The van der Waals surface area contributed by atoms with Crippen molar-refractivity contribution in [2.24, 2.45) is 0 Å². The van der Waals surface area contributed by atoms with E-state index in [1.165, 1.54) is 19.1 Å². The molecule has 5 nitrogen and oxygen atoms in total. The first kappa shape index (κ1) is 16.9. The summed E-state index contributed by atoms with van der Waals surface area (Å²) in [5.41, 5.74) is -4.75. The van der Waals surface area contributed by atoms with Crippen molar-refractivity contribution in [3.63, 3.8) is 0 Å². The molecule has 0 aliphatic carbocycles. The van der Waals surface area contributed by atoms with Crippen LogP contribution in [-0.2, 0) is 16.5 Å². The number of hydrogen-bond acceptors (Lipinski definition) is 5. The number of aryl methyl sites for hydroxylation is 2. The van der Waals surface area contributed by atoms with Crippen LogP contribution in [0.5, 0.6) is 11.5 Å². The maximum absolute atomic E-state index is 12.4. The molecule has 1 aromatic rings. The molecule has 2 unspecified atom stereocenters. The number of aliphatic hydroxyl groups is 1. The van der Waals surface area contributed by atoms with Crippen LogP contribution in [0, 0.1) is 6.92 Å². The third kappa shape index (κ3) is 3.30. The fourth-order valence-corrected chi connectivity index (χ4v) is 2.63. The molecule has 0 spiro atoms. The van der Waals surface area contributed by atoms with E-state index in [4.69, 9.17) is 4.74 Å². The SMILES string of the molecule is Cc1cc2c(cc1OS(=O)(=O)C(F)(F)F)CCC(C(C)O)O2. The molecule has 0 saturated carbocycles. The monoisotopic (exact) mass is 340 g/mol. The van der Waals surface area contributed by atoms with Crippen LogP contribution in [-0.4, -0.2) is 31.2 Å². The van der Waals surface area contributed by atoms with Crippen LogP contribution in [0.1, 0.15) is 24.5 Å². The van der Waals surface area contributed by atoms with Crippen LogP contribution in [0.4, 0.5) is 13.2 Å². The van der Waals surface area contributed by atoms with Gasteiger partial charge in [-0.3, -0.25) is 0 Å². The fraction of sp³-hybridized carbons (Fsp3) is 0.538. The number of alkyl halides is 3. The summed E-state index contributed by atoms with van der Waals surface area (Å²) in [6.07, 6.45) is -0.181. The number of fused-ring (bicyclic) bond motifs is 1. The van der Waals surface area contributed by atoms with E-state index in [-0.39, 0.29) is 11.3 Å². The molecule has 2 atom stereocenters. The normalized spacial score (nSPS) is 20.0. The molecule has 0 radical (unpaired) electrons. The number of halogens is 3. The van der Waals surface area contributed by atoms with E-state index in [2.05, 4.69) is 4.18 Å². The third-order valence-corrected chi connectivity index (χ3v) is 4.32. The van der Waals surface area contributed by atoms with Gasteiger partial charge in [-0.2, -0.15) is 21.6 Å².